The zero-order valence-electron chi connectivity index (χ0n) is 23.0. The van der Waals surface area contributed by atoms with Gasteiger partial charge in [0, 0.05) is 19.8 Å². The van der Waals surface area contributed by atoms with E-state index < -0.39 is 94.1 Å². The number of rotatable bonds is 19. The van der Waals surface area contributed by atoms with E-state index in [0.717, 1.165) is 20.8 Å². The van der Waals surface area contributed by atoms with E-state index in [1.54, 1.807) is 6.92 Å². The molecule has 0 aromatic rings. The molecule has 43 heavy (non-hydrogen) atoms. The zero-order valence-corrected chi connectivity index (χ0v) is 24.0. The summed E-state index contributed by atoms with van der Waals surface area (Å²) in [4.78, 5) is 0. The first-order valence-corrected chi connectivity index (χ1v) is 14.2. The van der Waals surface area contributed by atoms with E-state index in [9.17, 15) is 57.1 Å². The first kappa shape index (κ1) is 41.9. The minimum atomic E-state index is -8.72. The average Bonchev–Trinajstić information content (AvgIpc) is 2.85. The molecule has 1 unspecified atom stereocenters. The van der Waals surface area contributed by atoms with Crippen LogP contribution >= 0.6 is 0 Å². The lowest BCUT2D eigenvalue weighted by Gasteiger charge is -2.51. The van der Waals surface area contributed by atoms with Gasteiger partial charge in [-0.15, -0.1) is 0 Å². The maximum Gasteiger partial charge on any atom is 0.513 e. The summed E-state index contributed by atoms with van der Waals surface area (Å²) in [5.74, 6) is -57.5. The van der Waals surface area contributed by atoms with E-state index in [0.29, 0.717) is 6.42 Å². The summed E-state index contributed by atoms with van der Waals surface area (Å²) in [6.45, 7) is 5.16. The van der Waals surface area contributed by atoms with E-state index in [1.807, 2.05) is 0 Å². The zero-order chi connectivity index (χ0) is 34.8. The lowest BCUT2D eigenvalue weighted by Crippen LogP contribution is -2.76. The molecule has 0 aromatic heterocycles. The Morgan fingerprint density at radius 3 is 1.02 bits per heavy atom. The van der Waals surface area contributed by atoms with Crippen LogP contribution in [0.5, 0.6) is 0 Å². The normalized spacial score (nSPS) is 16.9. The summed E-state index contributed by atoms with van der Waals surface area (Å²) in [6.07, 6.45) is -9.53. The van der Waals surface area contributed by atoms with Gasteiger partial charge in [0.15, 0.2) is 0 Å². The second-order valence-electron chi connectivity index (χ2n) is 9.27. The monoisotopic (exact) mass is 693 g/mol. The van der Waals surface area contributed by atoms with Crippen molar-refractivity contribution in [3.8, 4) is 0 Å². The summed E-state index contributed by atoms with van der Waals surface area (Å²) < 4.78 is 253. The highest BCUT2D eigenvalue weighted by atomic mass is 28.4. The molecule has 0 saturated carbocycles. The molecule has 0 aliphatic heterocycles. The topological polar surface area (TPSA) is 27.7 Å². The smallest absolute Gasteiger partial charge is 0.373 e. The van der Waals surface area contributed by atoms with Crippen molar-refractivity contribution in [2.45, 2.75) is 112 Å². The molecule has 0 aliphatic rings. The molecule has 0 spiro atoms. The molecule has 0 aliphatic carbocycles. The van der Waals surface area contributed by atoms with Crippen molar-refractivity contribution in [3.05, 3.63) is 6.92 Å². The number of alkyl halides is 17. The van der Waals surface area contributed by atoms with Crippen molar-refractivity contribution < 1.29 is 87.9 Å². The second-order valence-corrected chi connectivity index (χ2v) is 12.2. The van der Waals surface area contributed by atoms with Gasteiger partial charge in [0.2, 0.25) is 0 Å². The summed E-state index contributed by atoms with van der Waals surface area (Å²) in [6, 6.07) is 0. The van der Waals surface area contributed by atoms with E-state index in [1.165, 1.54) is 0 Å². The Bertz CT molecular complexity index is 878. The van der Waals surface area contributed by atoms with Gasteiger partial charge in [-0.2, -0.15) is 74.6 Å². The van der Waals surface area contributed by atoms with Crippen molar-refractivity contribution in [2.24, 2.45) is 0 Å². The Morgan fingerprint density at radius 2 is 0.744 bits per heavy atom. The molecule has 0 aromatic carbocycles. The number of hydrogen-bond donors (Lipinski definition) is 0. The molecule has 21 heteroatoms. The molecule has 259 valence electrons. The molecule has 3 nitrogen and oxygen atoms in total. The highest BCUT2D eigenvalue weighted by Crippen LogP contribution is 2.68. The van der Waals surface area contributed by atoms with Crippen LogP contribution in [0.3, 0.4) is 0 Å². The number of unbranched alkanes of at least 4 members (excludes halogenated alkanes) is 3. The van der Waals surface area contributed by atoms with E-state index >= 15 is 17.6 Å². The van der Waals surface area contributed by atoms with Crippen LogP contribution < -0.4 is 0 Å². The van der Waals surface area contributed by atoms with E-state index in [-0.39, 0.29) is 12.8 Å². The lowest BCUT2D eigenvalue weighted by molar-refractivity contribution is -0.463. The Labute approximate surface area is 236 Å². The van der Waals surface area contributed by atoms with Gasteiger partial charge in [-0.05, 0) is 34.1 Å². The minimum absolute atomic E-state index is 0.131. The van der Waals surface area contributed by atoms with Gasteiger partial charge in [-0.3, -0.25) is 0 Å². The van der Waals surface area contributed by atoms with Crippen LogP contribution in [0.15, 0.2) is 0 Å². The highest BCUT2D eigenvalue weighted by molar-refractivity contribution is 6.65. The van der Waals surface area contributed by atoms with Crippen LogP contribution in [0.1, 0.15) is 59.8 Å². The molecule has 0 N–H and O–H groups in total. The molecule has 0 rings (SSSR count). The summed E-state index contributed by atoms with van der Waals surface area (Å²) in [7, 11) is -5.65. The van der Waals surface area contributed by atoms with Gasteiger partial charge in [-0.25, -0.2) is 0 Å². The van der Waals surface area contributed by atoms with Crippen molar-refractivity contribution in [1.82, 2.24) is 0 Å². The maximum absolute atomic E-state index is 15.8. The van der Waals surface area contributed by atoms with Crippen molar-refractivity contribution in [3.63, 3.8) is 0 Å². The van der Waals surface area contributed by atoms with Crippen LogP contribution in [0, 0.1) is 6.92 Å². The van der Waals surface area contributed by atoms with Crippen LogP contribution in [-0.4, -0.2) is 76.3 Å². The van der Waals surface area contributed by atoms with Crippen molar-refractivity contribution >= 4 is 8.80 Å². The molecule has 0 heterocycles. The van der Waals surface area contributed by atoms with Gasteiger partial charge in [0.1, 0.15) is 5.04 Å². The molecular formula is C22H30F17O3Si. The third-order valence-electron chi connectivity index (χ3n) is 6.37. The summed E-state index contributed by atoms with van der Waals surface area (Å²) in [5, 5.41) is -4.19. The Hall–Kier alpha value is -1.09. The van der Waals surface area contributed by atoms with E-state index in [4.69, 9.17) is 13.3 Å². The molecular weight excluding hydrogens is 663 g/mol. The first-order valence-electron chi connectivity index (χ1n) is 12.5. The van der Waals surface area contributed by atoms with Gasteiger partial charge in [-0.1, -0.05) is 32.6 Å². The summed E-state index contributed by atoms with van der Waals surface area (Å²) >= 11 is 0. The van der Waals surface area contributed by atoms with Crippen molar-refractivity contribution in [2.75, 3.05) is 19.8 Å². The molecule has 0 saturated heterocycles. The summed E-state index contributed by atoms with van der Waals surface area (Å²) in [5.41, 5.74) is 0. The third kappa shape index (κ3) is 6.33. The minimum Gasteiger partial charge on any atom is -0.373 e. The second kappa shape index (κ2) is 13.3. The van der Waals surface area contributed by atoms with E-state index in [2.05, 4.69) is 6.92 Å². The third-order valence-corrected chi connectivity index (χ3v) is 10.1. The van der Waals surface area contributed by atoms with Gasteiger partial charge >= 0.3 is 56.4 Å². The first-order chi connectivity index (χ1) is 19.0. The van der Waals surface area contributed by atoms with Crippen LogP contribution in [0.25, 0.3) is 0 Å². The Kier molecular flexibility index (Phi) is 13.0. The van der Waals surface area contributed by atoms with Crippen LogP contribution in [-0.2, 0) is 13.3 Å². The molecule has 1 radical (unpaired) electrons. The number of halogens is 17. The molecule has 0 bridgehead atoms. The van der Waals surface area contributed by atoms with Crippen molar-refractivity contribution in [1.29, 1.82) is 0 Å². The number of hydrogen-bond acceptors (Lipinski definition) is 3. The predicted octanol–water partition coefficient (Wildman–Crippen LogP) is 9.59. The Balaban J connectivity index is 7.56. The SMILES string of the molecule is [CH2]C(CCCCCC)(C(F)(F)C(F)(F)C(F)(F)C(F)(F)C(F)(F)C(F)(F)C(F)(F)C(F)(F)F)[Si](OCC)(OCC)OCC. The molecule has 0 amide bonds. The van der Waals surface area contributed by atoms with Crippen LogP contribution in [0.4, 0.5) is 74.6 Å². The predicted molar refractivity (Wildman–Crippen MR) is 118 cm³/mol. The largest absolute Gasteiger partial charge is 0.513 e. The lowest BCUT2D eigenvalue weighted by atomic mass is 9.83. The standard InChI is InChI=1S/C22H30F17O3Si/c1-6-10-11-12-13-14(5,43(40-7-2,41-8-3)42-9-4)15(23,24)16(25,26)17(27,28)18(29,30)19(31,32)20(33,34)21(35,36)22(37,38)39/h5-13H2,1-4H3. The molecule has 1 atom stereocenters. The fourth-order valence-electron chi connectivity index (χ4n) is 3.93. The highest BCUT2D eigenvalue weighted by Gasteiger charge is 2.96. The molecule has 0 fully saturated rings. The van der Waals surface area contributed by atoms with Gasteiger partial charge < -0.3 is 13.3 Å². The van der Waals surface area contributed by atoms with Crippen LogP contribution in [0.2, 0.25) is 5.04 Å². The maximum atomic E-state index is 15.8. The average molecular weight is 694 g/mol. The fourth-order valence-corrected chi connectivity index (χ4v) is 7.17. The fraction of sp³-hybridized carbons (Fsp3) is 0.955. The van der Waals surface area contributed by atoms with Gasteiger partial charge in [0.05, 0.1) is 0 Å². The quantitative estimate of drug-likeness (QED) is 0.0767. The Morgan fingerprint density at radius 1 is 0.442 bits per heavy atom. The van der Waals surface area contributed by atoms with Gasteiger partial charge in [0.25, 0.3) is 0 Å².